The molecule has 1 amide bonds. The van der Waals surface area contributed by atoms with Crippen molar-refractivity contribution in [1.82, 2.24) is 0 Å². The molecule has 150 valence electrons. The van der Waals surface area contributed by atoms with Crippen LogP contribution in [-0.4, -0.2) is 29.6 Å². The number of anilines is 1. The fourth-order valence-electron chi connectivity index (χ4n) is 2.65. The maximum atomic E-state index is 12.1. The molecule has 27 heavy (non-hydrogen) atoms. The number of carbonyl (C=O) groups is 3. The van der Waals surface area contributed by atoms with E-state index in [1.807, 2.05) is 0 Å². The van der Waals surface area contributed by atoms with Crippen molar-refractivity contribution < 1.29 is 24.2 Å². The van der Waals surface area contributed by atoms with Gasteiger partial charge in [0.1, 0.15) is 0 Å². The summed E-state index contributed by atoms with van der Waals surface area (Å²) in [7, 11) is 0. The fraction of sp³-hybridized carbons (Fsp3) is 0.571. The van der Waals surface area contributed by atoms with Crippen molar-refractivity contribution in [1.29, 1.82) is 0 Å². The Balaban J connectivity index is 2.26. The number of amides is 1. The Kier molecular flexibility index (Phi) is 11.6. The van der Waals surface area contributed by atoms with Crippen LogP contribution in [0.25, 0.3) is 0 Å². The van der Waals surface area contributed by atoms with Gasteiger partial charge in [0.2, 0.25) is 5.91 Å². The van der Waals surface area contributed by atoms with Crippen LogP contribution in [0.2, 0.25) is 0 Å². The van der Waals surface area contributed by atoms with Gasteiger partial charge in [-0.3, -0.25) is 9.59 Å². The van der Waals surface area contributed by atoms with E-state index in [4.69, 9.17) is 9.84 Å². The van der Waals surface area contributed by atoms with Gasteiger partial charge in [0.15, 0.2) is 0 Å². The molecule has 1 aromatic rings. The molecule has 0 unspecified atom stereocenters. The van der Waals surface area contributed by atoms with E-state index >= 15 is 0 Å². The molecule has 0 aliphatic rings. The van der Waals surface area contributed by atoms with Crippen LogP contribution >= 0.6 is 0 Å². The summed E-state index contributed by atoms with van der Waals surface area (Å²) >= 11 is 0. The van der Waals surface area contributed by atoms with Crippen LogP contribution in [0.3, 0.4) is 0 Å². The quantitative estimate of drug-likeness (QED) is 0.359. The summed E-state index contributed by atoms with van der Waals surface area (Å²) in [6.45, 7) is 2.60. The average Bonchev–Trinajstić information content (AvgIpc) is 2.65. The van der Waals surface area contributed by atoms with Gasteiger partial charge in [-0.2, -0.15) is 0 Å². The number of ether oxygens (including phenoxy) is 1. The number of carbonyl (C=O) groups excluding carboxylic acids is 2. The number of unbranched alkanes of at least 4 members (excludes halogenated alkanes) is 7. The Morgan fingerprint density at radius 3 is 2.30 bits per heavy atom. The van der Waals surface area contributed by atoms with Gasteiger partial charge >= 0.3 is 11.9 Å². The minimum Gasteiger partial charge on any atom is -0.481 e. The molecule has 0 spiro atoms. The molecule has 2 N–H and O–H groups in total. The average molecular weight is 377 g/mol. The lowest BCUT2D eigenvalue weighted by Gasteiger charge is -2.08. The summed E-state index contributed by atoms with van der Waals surface area (Å²) in [6, 6.07) is 6.46. The number of carboxylic acids is 1. The summed E-state index contributed by atoms with van der Waals surface area (Å²) in [5.41, 5.74) is 0.817. The topological polar surface area (TPSA) is 92.7 Å². The number of carboxylic acid groups (broad SMARTS) is 1. The zero-order valence-corrected chi connectivity index (χ0v) is 16.2. The summed E-state index contributed by atoms with van der Waals surface area (Å²) < 4.78 is 5.28. The third-order valence-corrected chi connectivity index (χ3v) is 4.18. The van der Waals surface area contributed by atoms with E-state index in [1.54, 1.807) is 18.2 Å². The van der Waals surface area contributed by atoms with Gasteiger partial charge in [0, 0.05) is 12.1 Å². The summed E-state index contributed by atoms with van der Waals surface area (Å²) in [5.74, 6) is -1.84. The molecule has 0 aliphatic carbocycles. The van der Waals surface area contributed by atoms with E-state index in [1.165, 1.54) is 44.6 Å². The van der Waals surface area contributed by atoms with Gasteiger partial charge in [-0.15, -0.1) is 0 Å². The van der Waals surface area contributed by atoms with Crippen molar-refractivity contribution in [2.45, 2.75) is 71.1 Å². The Labute approximate surface area is 161 Å². The van der Waals surface area contributed by atoms with E-state index in [0.29, 0.717) is 17.9 Å². The van der Waals surface area contributed by atoms with Gasteiger partial charge in [-0.25, -0.2) is 4.79 Å². The standard InChI is InChI=1S/C21H31NO5/c1-2-3-4-5-6-7-8-9-15-27-21(26)17-11-10-12-18(16-17)22-19(23)13-14-20(24)25/h10-12,16H,2-9,13-15H2,1H3,(H,22,23)(H,24,25). The molecular formula is C21H31NO5. The predicted molar refractivity (Wildman–Crippen MR) is 105 cm³/mol. The molecule has 0 heterocycles. The molecule has 1 aromatic carbocycles. The first-order valence-corrected chi connectivity index (χ1v) is 9.81. The van der Waals surface area contributed by atoms with Gasteiger partial charge in [0.25, 0.3) is 0 Å². The monoisotopic (exact) mass is 377 g/mol. The number of hydrogen-bond donors (Lipinski definition) is 2. The second-order valence-corrected chi connectivity index (χ2v) is 6.63. The smallest absolute Gasteiger partial charge is 0.338 e. The molecule has 0 saturated carbocycles. The van der Waals surface area contributed by atoms with E-state index in [9.17, 15) is 14.4 Å². The lowest BCUT2D eigenvalue weighted by Crippen LogP contribution is -2.14. The third-order valence-electron chi connectivity index (χ3n) is 4.18. The lowest BCUT2D eigenvalue weighted by atomic mass is 10.1. The van der Waals surface area contributed by atoms with Crippen LogP contribution in [0.5, 0.6) is 0 Å². The largest absolute Gasteiger partial charge is 0.481 e. The third kappa shape index (κ3) is 11.1. The number of hydrogen-bond acceptors (Lipinski definition) is 4. The molecule has 1 rings (SSSR count). The molecule has 6 heteroatoms. The number of esters is 1. The maximum Gasteiger partial charge on any atom is 0.338 e. The normalized spacial score (nSPS) is 10.4. The molecule has 0 fully saturated rings. The minimum atomic E-state index is -1.02. The highest BCUT2D eigenvalue weighted by atomic mass is 16.5. The van der Waals surface area contributed by atoms with Crippen molar-refractivity contribution in [2.24, 2.45) is 0 Å². The van der Waals surface area contributed by atoms with Crippen molar-refractivity contribution >= 4 is 23.5 Å². The van der Waals surface area contributed by atoms with Crippen LogP contribution in [0.1, 0.15) is 81.5 Å². The van der Waals surface area contributed by atoms with Crippen LogP contribution in [-0.2, 0) is 14.3 Å². The van der Waals surface area contributed by atoms with E-state index in [2.05, 4.69) is 12.2 Å². The van der Waals surface area contributed by atoms with Gasteiger partial charge < -0.3 is 15.2 Å². The van der Waals surface area contributed by atoms with Crippen molar-refractivity contribution in [3.63, 3.8) is 0 Å². The van der Waals surface area contributed by atoms with Gasteiger partial charge in [-0.1, -0.05) is 57.9 Å². The Morgan fingerprint density at radius 2 is 1.63 bits per heavy atom. The maximum absolute atomic E-state index is 12.1. The molecule has 0 atom stereocenters. The second-order valence-electron chi connectivity index (χ2n) is 6.63. The summed E-state index contributed by atoms with van der Waals surface area (Å²) in [4.78, 5) is 34.2. The first-order chi connectivity index (χ1) is 13.0. The Hall–Kier alpha value is -2.37. The molecule has 0 aliphatic heterocycles. The van der Waals surface area contributed by atoms with E-state index in [-0.39, 0.29) is 12.8 Å². The van der Waals surface area contributed by atoms with E-state index < -0.39 is 17.8 Å². The molecule has 6 nitrogen and oxygen atoms in total. The van der Waals surface area contributed by atoms with Crippen LogP contribution in [0.4, 0.5) is 5.69 Å². The predicted octanol–water partition coefficient (Wildman–Crippen LogP) is 4.79. The van der Waals surface area contributed by atoms with Crippen LogP contribution < -0.4 is 5.32 Å². The molecule has 0 radical (unpaired) electrons. The Morgan fingerprint density at radius 1 is 0.963 bits per heavy atom. The molecule has 0 bridgehead atoms. The molecular weight excluding hydrogens is 346 g/mol. The Bertz CT molecular complexity index is 600. The van der Waals surface area contributed by atoms with E-state index in [0.717, 1.165) is 12.8 Å². The molecule has 0 saturated heterocycles. The van der Waals surface area contributed by atoms with Crippen molar-refractivity contribution in [2.75, 3.05) is 11.9 Å². The number of rotatable bonds is 14. The SMILES string of the molecule is CCCCCCCCCCOC(=O)c1cccc(NC(=O)CCC(=O)O)c1. The highest BCUT2D eigenvalue weighted by Crippen LogP contribution is 2.13. The minimum absolute atomic E-state index is 0.109. The zero-order valence-electron chi connectivity index (χ0n) is 16.2. The number of nitrogens with one attached hydrogen (secondary N) is 1. The van der Waals surface area contributed by atoms with Crippen LogP contribution in [0.15, 0.2) is 24.3 Å². The number of aliphatic carboxylic acids is 1. The highest BCUT2D eigenvalue weighted by molar-refractivity contribution is 5.95. The van der Waals surface area contributed by atoms with Gasteiger partial charge in [0.05, 0.1) is 18.6 Å². The number of benzene rings is 1. The first kappa shape index (κ1) is 22.7. The second kappa shape index (κ2) is 13.8. The van der Waals surface area contributed by atoms with Crippen molar-refractivity contribution in [3.8, 4) is 0 Å². The summed E-state index contributed by atoms with van der Waals surface area (Å²) in [6.07, 6.45) is 9.10. The first-order valence-electron chi connectivity index (χ1n) is 9.81. The van der Waals surface area contributed by atoms with Crippen LogP contribution in [0, 0.1) is 0 Å². The lowest BCUT2D eigenvalue weighted by molar-refractivity contribution is -0.138. The highest BCUT2D eigenvalue weighted by Gasteiger charge is 2.10. The van der Waals surface area contributed by atoms with Gasteiger partial charge in [-0.05, 0) is 24.6 Å². The zero-order chi connectivity index (χ0) is 19.9. The van der Waals surface area contributed by atoms with Crippen molar-refractivity contribution in [3.05, 3.63) is 29.8 Å². The fourth-order valence-corrected chi connectivity index (χ4v) is 2.65. The molecule has 0 aromatic heterocycles. The summed E-state index contributed by atoms with van der Waals surface area (Å²) in [5, 5.41) is 11.2.